The molecule has 0 saturated carbocycles. The van der Waals surface area contributed by atoms with Gasteiger partial charge in [0.05, 0.1) is 38.6 Å². The van der Waals surface area contributed by atoms with Gasteiger partial charge < -0.3 is 99.8 Å². The monoisotopic (exact) mass is 689 g/mol. The highest BCUT2D eigenvalue weighted by molar-refractivity contribution is 4.99. The second-order valence-corrected chi connectivity index (χ2v) is 11.8. The van der Waals surface area contributed by atoms with Crippen LogP contribution in [0.5, 0.6) is 0 Å². The standard InChI is InChI=1S/C27H47NO19/c1-3-4-40-25-20(39)22(16(35)11(7-31)43-25)46-24-12(28)21(15(34)10(6-30)42-24)45-27-23(18(37)14(33)9(5-29)44-27)47-26-19(38)17(36)13(32)8(2)41-26/h3,8-27,29-39H,1,4-7,28H2,2H3/t8?,9?,10?,11?,12?,13-,14+,15+,16+,17?,18?,19?,20?,21?,22?,23?,24+,25-,26+,27+/m1/s1. The molecule has 4 aliphatic heterocycles. The lowest BCUT2D eigenvalue weighted by Crippen LogP contribution is -2.69. The first-order chi connectivity index (χ1) is 22.3. The number of hydrogen-bond acceptors (Lipinski definition) is 20. The Kier molecular flexibility index (Phi) is 13.8. The summed E-state index contributed by atoms with van der Waals surface area (Å²) >= 11 is 0. The molecule has 47 heavy (non-hydrogen) atoms. The van der Waals surface area contributed by atoms with Crippen LogP contribution in [0.3, 0.4) is 0 Å². The second kappa shape index (κ2) is 16.8. The fraction of sp³-hybridized carbons (Fsp3) is 0.926. The first-order valence-electron chi connectivity index (χ1n) is 15.1. The van der Waals surface area contributed by atoms with Crippen LogP contribution in [-0.2, 0) is 37.9 Å². The van der Waals surface area contributed by atoms with Crippen molar-refractivity contribution in [3.8, 4) is 0 Å². The van der Waals surface area contributed by atoms with Crippen LogP contribution in [0.15, 0.2) is 12.7 Å². The third kappa shape index (κ3) is 8.13. The Bertz CT molecular complexity index is 984. The first-order valence-corrected chi connectivity index (χ1v) is 15.1. The van der Waals surface area contributed by atoms with Crippen molar-refractivity contribution in [1.29, 1.82) is 0 Å². The van der Waals surface area contributed by atoms with Gasteiger partial charge >= 0.3 is 0 Å². The van der Waals surface area contributed by atoms with Crippen LogP contribution in [-0.4, -0.2) is 205 Å². The van der Waals surface area contributed by atoms with Crippen molar-refractivity contribution in [3.05, 3.63) is 12.7 Å². The van der Waals surface area contributed by atoms with E-state index in [1.54, 1.807) is 0 Å². The number of aliphatic hydroxyl groups is 11. The zero-order valence-electron chi connectivity index (χ0n) is 25.4. The third-order valence-electron chi connectivity index (χ3n) is 8.61. The maximum atomic E-state index is 11.1. The minimum absolute atomic E-state index is 0.0712. The number of ether oxygens (including phenoxy) is 8. The molecule has 13 N–H and O–H groups in total. The van der Waals surface area contributed by atoms with Crippen molar-refractivity contribution >= 4 is 0 Å². The van der Waals surface area contributed by atoms with E-state index in [4.69, 9.17) is 43.6 Å². The predicted molar refractivity (Wildman–Crippen MR) is 148 cm³/mol. The Hall–Kier alpha value is -1.06. The fourth-order valence-electron chi connectivity index (χ4n) is 5.80. The molecule has 0 aromatic rings. The Labute approximate surface area is 268 Å². The van der Waals surface area contributed by atoms with Gasteiger partial charge in [-0.05, 0) is 6.92 Å². The van der Waals surface area contributed by atoms with E-state index in [-0.39, 0.29) is 6.61 Å². The molecule has 0 aromatic heterocycles. The van der Waals surface area contributed by atoms with Crippen molar-refractivity contribution in [1.82, 2.24) is 0 Å². The van der Waals surface area contributed by atoms with Crippen LogP contribution in [0.1, 0.15) is 6.92 Å². The van der Waals surface area contributed by atoms with Crippen LogP contribution < -0.4 is 5.73 Å². The second-order valence-electron chi connectivity index (χ2n) is 11.8. The van der Waals surface area contributed by atoms with Gasteiger partial charge in [0.1, 0.15) is 85.5 Å². The summed E-state index contributed by atoms with van der Waals surface area (Å²) in [6.07, 6.45) is -29.0. The zero-order chi connectivity index (χ0) is 34.7. The first kappa shape index (κ1) is 38.7. The lowest BCUT2D eigenvalue weighted by Gasteiger charge is -2.49. The highest BCUT2D eigenvalue weighted by atomic mass is 16.8. The highest BCUT2D eigenvalue weighted by Gasteiger charge is 2.55. The molecule has 4 fully saturated rings. The highest BCUT2D eigenvalue weighted by Crippen LogP contribution is 2.34. The molecule has 0 radical (unpaired) electrons. The van der Waals surface area contributed by atoms with Crippen molar-refractivity contribution in [2.24, 2.45) is 5.73 Å². The van der Waals surface area contributed by atoms with Crippen molar-refractivity contribution in [2.75, 3.05) is 26.4 Å². The number of hydrogen-bond donors (Lipinski definition) is 12. The van der Waals surface area contributed by atoms with E-state index in [0.29, 0.717) is 0 Å². The smallest absolute Gasteiger partial charge is 0.187 e. The number of aliphatic hydroxyl groups excluding tert-OH is 11. The molecular weight excluding hydrogens is 642 g/mol. The molecule has 0 amide bonds. The Morgan fingerprint density at radius 2 is 1.06 bits per heavy atom. The molecule has 0 spiro atoms. The van der Waals surface area contributed by atoms with E-state index in [1.165, 1.54) is 13.0 Å². The van der Waals surface area contributed by atoms with Crippen LogP contribution >= 0.6 is 0 Å². The van der Waals surface area contributed by atoms with Gasteiger partial charge in [0.2, 0.25) is 0 Å². The molecule has 4 aliphatic rings. The molecule has 20 nitrogen and oxygen atoms in total. The van der Waals surface area contributed by atoms with Crippen LogP contribution in [0.2, 0.25) is 0 Å². The lowest BCUT2D eigenvalue weighted by atomic mass is 9.95. The fourth-order valence-corrected chi connectivity index (χ4v) is 5.80. The van der Waals surface area contributed by atoms with Gasteiger partial charge in [0.25, 0.3) is 0 Å². The van der Waals surface area contributed by atoms with Crippen molar-refractivity contribution < 1.29 is 94.1 Å². The topological polar surface area (TPSA) is 322 Å². The van der Waals surface area contributed by atoms with Crippen molar-refractivity contribution in [3.63, 3.8) is 0 Å². The van der Waals surface area contributed by atoms with E-state index in [2.05, 4.69) is 6.58 Å². The average molecular weight is 690 g/mol. The zero-order valence-corrected chi connectivity index (χ0v) is 25.4. The molecule has 20 heteroatoms. The van der Waals surface area contributed by atoms with E-state index < -0.39 is 143 Å². The summed E-state index contributed by atoms with van der Waals surface area (Å²) < 4.78 is 44.9. The maximum Gasteiger partial charge on any atom is 0.187 e. The van der Waals surface area contributed by atoms with Crippen LogP contribution in [0.25, 0.3) is 0 Å². The molecule has 274 valence electrons. The van der Waals surface area contributed by atoms with E-state index in [0.717, 1.165) is 0 Å². The average Bonchev–Trinajstić information content (AvgIpc) is 3.06. The van der Waals surface area contributed by atoms with Gasteiger partial charge in [-0.25, -0.2) is 0 Å². The van der Waals surface area contributed by atoms with Gasteiger partial charge in [0, 0.05) is 0 Å². The summed E-state index contributed by atoms with van der Waals surface area (Å²) in [5.74, 6) is 0. The normalized spacial score (nSPS) is 51.1. The predicted octanol–water partition coefficient (Wildman–Crippen LogP) is -7.54. The maximum absolute atomic E-state index is 11.1. The quantitative estimate of drug-likeness (QED) is 0.0847. The van der Waals surface area contributed by atoms with E-state index in [1.807, 2.05) is 0 Å². The summed E-state index contributed by atoms with van der Waals surface area (Å²) in [6, 6.07) is -1.51. The summed E-state index contributed by atoms with van der Waals surface area (Å²) in [6.45, 7) is 2.48. The molecule has 4 heterocycles. The molecule has 4 saturated heterocycles. The number of nitrogens with two attached hydrogens (primary N) is 1. The van der Waals surface area contributed by atoms with E-state index in [9.17, 15) is 56.2 Å². The molecule has 20 atom stereocenters. The molecular formula is C27H47NO19. The summed E-state index contributed by atoms with van der Waals surface area (Å²) in [5, 5.41) is 114. The largest absolute Gasteiger partial charge is 0.394 e. The third-order valence-corrected chi connectivity index (χ3v) is 8.61. The Morgan fingerprint density at radius 3 is 1.66 bits per heavy atom. The minimum atomic E-state index is -1.88. The summed E-state index contributed by atoms with van der Waals surface area (Å²) in [4.78, 5) is 0. The Morgan fingerprint density at radius 1 is 0.553 bits per heavy atom. The van der Waals surface area contributed by atoms with E-state index >= 15 is 0 Å². The molecule has 0 aromatic carbocycles. The summed E-state index contributed by atoms with van der Waals surface area (Å²) in [5.41, 5.74) is 6.38. The summed E-state index contributed by atoms with van der Waals surface area (Å²) in [7, 11) is 0. The molecule has 0 bridgehead atoms. The number of rotatable bonds is 12. The van der Waals surface area contributed by atoms with Gasteiger partial charge in [-0.3, -0.25) is 0 Å². The molecule has 12 unspecified atom stereocenters. The minimum Gasteiger partial charge on any atom is -0.394 e. The molecule has 4 rings (SSSR count). The van der Waals surface area contributed by atoms with Crippen molar-refractivity contribution in [2.45, 2.75) is 130 Å². The SMILES string of the molecule is C=CCO[C@@H]1OC(CO)[C@H](O)C(O[C@@H]2OC(CO)[C@H](O)C(O[C@@H]3OC(CO)[C@H](O)C(O)C3O[C@@H]3OC(C)[C@@H](O)C(O)C3O)C2N)C1O. The van der Waals surface area contributed by atoms with Gasteiger partial charge in [-0.1, -0.05) is 6.08 Å². The van der Waals surface area contributed by atoms with Gasteiger partial charge in [-0.2, -0.15) is 0 Å². The van der Waals surface area contributed by atoms with Crippen LogP contribution in [0, 0.1) is 0 Å². The van der Waals surface area contributed by atoms with Gasteiger partial charge in [0.15, 0.2) is 25.2 Å². The molecule has 0 aliphatic carbocycles. The van der Waals surface area contributed by atoms with Crippen LogP contribution in [0.4, 0.5) is 0 Å². The Balaban J connectivity index is 1.57. The van der Waals surface area contributed by atoms with Gasteiger partial charge in [-0.15, -0.1) is 6.58 Å². The lowest BCUT2D eigenvalue weighted by molar-refractivity contribution is -0.385.